The second-order valence-corrected chi connectivity index (χ2v) is 10.1. The van der Waals surface area contributed by atoms with Crippen LogP contribution in [0.15, 0.2) is 60.9 Å². The Hall–Kier alpha value is -3.49. The Morgan fingerprint density at radius 3 is 2.75 bits per heavy atom. The first-order valence-corrected chi connectivity index (χ1v) is 12.9. The van der Waals surface area contributed by atoms with Gasteiger partial charge in [0, 0.05) is 56.0 Å². The van der Waals surface area contributed by atoms with Gasteiger partial charge in [-0.15, -0.1) is 0 Å². The fraction of sp³-hybridized carbons (Fsp3) is 0.393. The number of nitrogens with zero attached hydrogens (tertiary/aromatic N) is 5. The highest BCUT2D eigenvalue weighted by molar-refractivity contribution is 5.63. The molecule has 0 amide bonds. The number of benzene rings is 1. The third-order valence-corrected chi connectivity index (χ3v) is 7.38. The van der Waals surface area contributed by atoms with Crippen molar-refractivity contribution >= 4 is 17.3 Å². The second-order valence-electron chi connectivity index (χ2n) is 10.1. The van der Waals surface area contributed by atoms with Gasteiger partial charge in [0.1, 0.15) is 11.6 Å². The summed E-state index contributed by atoms with van der Waals surface area (Å²) in [6.45, 7) is 3.05. The van der Waals surface area contributed by atoms with Crippen LogP contribution in [0.2, 0.25) is 0 Å². The monoisotopic (exact) mass is 483 g/mol. The minimum absolute atomic E-state index is 0.233. The summed E-state index contributed by atoms with van der Waals surface area (Å²) >= 11 is 0. The van der Waals surface area contributed by atoms with Crippen LogP contribution in [-0.4, -0.2) is 57.5 Å². The number of piperidine rings is 1. The minimum atomic E-state index is -0.325. The Labute approximate surface area is 211 Å². The number of aliphatic hydroxyl groups excluding tert-OH is 1. The predicted octanol–water partition coefficient (Wildman–Crippen LogP) is 3.69. The molecule has 6 rings (SSSR count). The fourth-order valence-corrected chi connectivity index (χ4v) is 5.05. The molecule has 0 unspecified atom stereocenters. The summed E-state index contributed by atoms with van der Waals surface area (Å²) in [7, 11) is 2.07. The standard InChI is InChI=1S/C28H33N7O/c1-34(18-22-11-13-29-17-25(22)36)27-14-26(35-28(33-27)23(16-32-35)20-9-10-20)31-15-19-5-7-21(8-6-19)24-4-2-3-12-30-24/h2-8,12,14,16,20,22,25,29,31,36H,9-11,13,15,17-18H2,1H3/t22-,25+/m1/s1. The van der Waals surface area contributed by atoms with E-state index in [4.69, 9.17) is 10.1 Å². The van der Waals surface area contributed by atoms with E-state index in [0.717, 1.165) is 48.1 Å². The van der Waals surface area contributed by atoms with Crippen molar-refractivity contribution in [2.45, 2.75) is 37.8 Å². The number of aliphatic hydroxyl groups is 1. The van der Waals surface area contributed by atoms with E-state index in [1.54, 1.807) is 0 Å². The number of hydrogen-bond acceptors (Lipinski definition) is 7. The van der Waals surface area contributed by atoms with E-state index in [0.29, 0.717) is 19.0 Å². The van der Waals surface area contributed by atoms with Gasteiger partial charge >= 0.3 is 0 Å². The third-order valence-electron chi connectivity index (χ3n) is 7.38. The summed E-state index contributed by atoms with van der Waals surface area (Å²) in [4.78, 5) is 11.6. The highest BCUT2D eigenvalue weighted by Crippen LogP contribution is 2.42. The van der Waals surface area contributed by atoms with Gasteiger partial charge in [-0.3, -0.25) is 4.98 Å². The molecule has 1 aliphatic heterocycles. The first-order chi connectivity index (χ1) is 17.7. The van der Waals surface area contributed by atoms with Gasteiger partial charge in [0.2, 0.25) is 0 Å². The average Bonchev–Trinajstić information content (AvgIpc) is 3.67. The summed E-state index contributed by atoms with van der Waals surface area (Å²) in [5.74, 6) is 2.63. The molecular weight excluding hydrogens is 450 g/mol. The van der Waals surface area contributed by atoms with E-state index in [-0.39, 0.29) is 12.0 Å². The van der Waals surface area contributed by atoms with E-state index in [1.165, 1.54) is 24.0 Å². The van der Waals surface area contributed by atoms with Crippen molar-refractivity contribution in [3.8, 4) is 11.3 Å². The highest BCUT2D eigenvalue weighted by Gasteiger charge is 2.29. The molecule has 1 aliphatic carbocycles. The molecule has 2 aliphatic rings. The quantitative estimate of drug-likeness (QED) is 0.352. The molecule has 1 aromatic carbocycles. The molecule has 0 bridgehead atoms. The van der Waals surface area contributed by atoms with Gasteiger partial charge in [-0.05, 0) is 49.4 Å². The van der Waals surface area contributed by atoms with Crippen LogP contribution in [0.4, 0.5) is 11.6 Å². The topological polar surface area (TPSA) is 90.6 Å². The van der Waals surface area contributed by atoms with E-state index < -0.39 is 0 Å². The lowest BCUT2D eigenvalue weighted by Gasteiger charge is -2.32. The van der Waals surface area contributed by atoms with Crippen LogP contribution in [0.1, 0.15) is 36.3 Å². The van der Waals surface area contributed by atoms with Crippen molar-refractivity contribution in [3.05, 3.63) is 72.1 Å². The van der Waals surface area contributed by atoms with Crippen LogP contribution in [0.3, 0.4) is 0 Å². The van der Waals surface area contributed by atoms with Crippen LogP contribution in [0, 0.1) is 5.92 Å². The Bertz CT molecular complexity index is 1320. The molecule has 3 aromatic heterocycles. The van der Waals surface area contributed by atoms with Crippen LogP contribution in [-0.2, 0) is 6.54 Å². The Balaban J connectivity index is 1.24. The molecule has 0 spiro atoms. The zero-order chi connectivity index (χ0) is 24.5. The first-order valence-electron chi connectivity index (χ1n) is 12.9. The molecule has 4 heterocycles. The third kappa shape index (κ3) is 4.79. The lowest BCUT2D eigenvalue weighted by molar-refractivity contribution is 0.0856. The fourth-order valence-electron chi connectivity index (χ4n) is 5.05. The number of β-amino-alcohol motifs (C(OH)–C–C–N with tert-alkyl or cyclic N) is 1. The lowest BCUT2D eigenvalue weighted by atomic mass is 9.94. The normalized spacial score (nSPS) is 19.9. The SMILES string of the molecule is CN(C[C@H]1CCNC[C@@H]1O)c1cc(NCc2ccc(-c3ccccn3)cc2)n2ncc(C3CC3)c2n1. The van der Waals surface area contributed by atoms with Crippen molar-refractivity contribution in [2.75, 3.05) is 36.9 Å². The molecule has 1 saturated heterocycles. The summed E-state index contributed by atoms with van der Waals surface area (Å²) < 4.78 is 1.94. The average molecular weight is 484 g/mol. The van der Waals surface area contributed by atoms with Crippen molar-refractivity contribution in [2.24, 2.45) is 5.92 Å². The summed E-state index contributed by atoms with van der Waals surface area (Å²) in [6.07, 6.45) is 6.85. The van der Waals surface area contributed by atoms with Crippen LogP contribution in [0.5, 0.6) is 0 Å². The van der Waals surface area contributed by atoms with Crippen LogP contribution < -0.4 is 15.5 Å². The van der Waals surface area contributed by atoms with Crippen LogP contribution in [0.25, 0.3) is 16.9 Å². The molecule has 8 nitrogen and oxygen atoms in total. The maximum atomic E-state index is 10.4. The van der Waals surface area contributed by atoms with E-state index in [1.807, 2.05) is 35.1 Å². The van der Waals surface area contributed by atoms with Crippen molar-refractivity contribution < 1.29 is 5.11 Å². The number of hydrogen-bond donors (Lipinski definition) is 3. The van der Waals surface area contributed by atoms with Crippen molar-refractivity contribution in [1.82, 2.24) is 24.9 Å². The van der Waals surface area contributed by atoms with Gasteiger partial charge < -0.3 is 20.6 Å². The van der Waals surface area contributed by atoms with Crippen molar-refractivity contribution in [1.29, 1.82) is 0 Å². The van der Waals surface area contributed by atoms with Gasteiger partial charge in [-0.25, -0.2) is 4.98 Å². The number of pyridine rings is 1. The Morgan fingerprint density at radius 2 is 2.00 bits per heavy atom. The van der Waals surface area contributed by atoms with Gasteiger partial charge in [-0.1, -0.05) is 30.3 Å². The van der Waals surface area contributed by atoms with Gasteiger partial charge in [0.25, 0.3) is 0 Å². The zero-order valence-electron chi connectivity index (χ0n) is 20.6. The minimum Gasteiger partial charge on any atom is -0.391 e. The van der Waals surface area contributed by atoms with Gasteiger partial charge in [0.15, 0.2) is 5.65 Å². The molecule has 1 saturated carbocycles. The zero-order valence-corrected chi connectivity index (χ0v) is 20.6. The molecule has 186 valence electrons. The molecule has 4 aromatic rings. The molecule has 3 N–H and O–H groups in total. The summed E-state index contributed by atoms with van der Waals surface area (Å²) in [5, 5.41) is 22.0. The van der Waals surface area contributed by atoms with Gasteiger partial charge in [0.05, 0.1) is 18.0 Å². The van der Waals surface area contributed by atoms with Crippen molar-refractivity contribution in [3.63, 3.8) is 0 Å². The Morgan fingerprint density at radius 1 is 1.14 bits per heavy atom. The Kier molecular flexibility index (Phi) is 6.29. The number of nitrogens with one attached hydrogen (secondary N) is 2. The molecule has 36 heavy (non-hydrogen) atoms. The molecule has 8 heteroatoms. The lowest BCUT2D eigenvalue weighted by Crippen LogP contribution is -2.45. The molecule has 0 radical (unpaired) electrons. The maximum Gasteiger partial charge on any atom is 0.163 e. The number of fused-ring (bicyclic) bond motifs is 1. The molecule has 2 fully saturated rings. The number of rotatable bonds is 8. The summed E-state index contributed by atoms with van der Waals surface area (Å²) in [5.41, 5.74) is 5.43. The smallest absolute Gasteiger partial charge is 0.163 e. The van der Waals surface area contributed by atoms with Gasteiger partial charge in [-0.2, -0.15) is 9.61 Å². The first kappa shape index (κ1) is 22.9. The largest absolute Gasteiger partial charge is 0.391 e. The molecular formula is C28H33N7O. The van der Waals surface area contributed by atoms with E-state index in [9.17, 15) is 5.11 Å². The van der Waals surface area contributed by atoms with E-state index in [2.05, 4.69) is 57.9 Å². The number of anilines is 2. The van der Waals surface area contributed by atoms with E-state index >= 15 is 0 Å². The highest BCUT2D eigenvalue weighted by atomic mass is 16.3. The predicted molar refractivity (Wildman–Crippen MR) is 142 cm³/mol. The van der Waals surface area contributed by atoms with Crippen LogP contribution >= 0.6 is 0 Å². The number of aromatic nitrogens is 4. The maximum absolute atomic E-state index is 10.4. The second kappa shape index (κ2) is 9.87. The summed E-state index contributed by atoms with van der Waals surface area (Å²) in [6, 6.07) is 16.5. The molecule has 2 atom stereocenters.